The Morgan fingerprint density at radius 1 is 1.38 bits per heavy atom. The third-order valence-electron chi connectivity index (χ3n) is 1.80. The first kappa shape index (κ1) is 12.9. The summed E-state index contributed by atoms with van der Waals surface area (Å²) in [5.74, 6) is 0.294. The van der Waals surface area contributed by atoms with Crippen LogP contribution in [0.15, 0.2) is 0 Å². The van der Waals surface area contributed by atoms with Crippen LogP contribution in [0.25, 0.3) is 0 Å². The molecule has 4 nitrogen and oxygen atoms in total. The Labute approximate surface area is 80.4 Å². The lowest BCUT2D eigenvalue weighted by atomic mass is 10.2. The van der Waals surface area contributed by atoms with Gasteiger partial charge in [-0.1, -0.05) is 20.3 Å². The van der Waals surface area contributed by atoms with Crippen LogP contribution in [-0.2, 0) is 10.0 Å². The molecule has 2 N–H and O–H groups in total. The fourth-order valence-corrected chi connectivity index (χ4v) is 2.40. The van der Waals surface area contributed by atoms with Gasteiger partial charge in [-0.3, -0.25) is 0 Å². The Kier molecular flexibility index (Phi) is 5.51. The number of nitrogens with one attached hydrogen (secondary N) is 1. The summed E-state index contributed by atoms with van der Waals surface area (Å²) >= 11 is 0. The van der Waals surface area contributed by atoms with Crippen molar-refractivity contribution < 1.29 is 13.5 Å². The molecule has 13 heavy (non-hydrogen) atoms. The SMILES string of the molecule is CCC(C)CS(=O)(=O)NCC(C)O. The maximum absolute atomic E-state index is 11.3. The molecule has 0 bridgehead atoms. The van der Waals surface area contributed by atoms with E-state index in [1.807, 2.05) is 13.8 Å². The van der Waals surface area contributed by atoms with Crippen LogP contribution in [0.1, 0.15) is 27.2 Å². The van der Waals surface area contributed by atoms with Crippen LogP contribution in [0, 0.1) is 5.92 Å². The summed E-state index contributed by atoms with van der Waals surface area (Å²) in [4.78, 5) is 0. The van der Waals surface area contributed by atoms with Gasteiger partial charge in [0, 0.05) is 6.54 Å². The van der Waals surface area contributed by atoms with Crippen molar-refractivity contribution in [2.45, 2.75) is 33.3 Å². The van der Waals surface area contributed by atoms with Crippen molar-refractivity contribution in [2.24, 2.45) is 5.92 Å². The molecular formula is C8H19NO3S. The average molecular weight is 209 g/mol. The lowest BCUT2D eigenvalue weighted by Gasteiger charge is -2.11. The van der Waals surface area contributed by atoms with Gasteiger partial charge in [0.25, 0.3) is 0 Å². The number of hydrogen-bond acceptors (Lipinski definition) is 3. The normalized spacial score (nSPS) is 16.9. The monoisotopic (exact) mass is 209 g/mol. The zero-order chi connectivity index (χ0) is 10.5. The predicted molar refractivity (Wildman–Crippen MR) is 52.9 cm³/mol. The Bertz CT molecular complexity index is 224. The quantitative estimate of drug-likeness (QED) is 0.662. The molecule has 0 fully saturated rings. The molecule has 5 heteroatoms. The standard InChI is InChI=1S/C8H19NO3S/c1-4-7(2)6-13(11,12)9-5-8(3)10/h7-10H,4-6H2,1-3H3. The summed E-state index contributed by atoms with van der Waals surface area (Å²) < 4.78 is 24.9. The van der Waals surface area contributed by atoms with Gasteiger partial charge in [-0.2, -0.15) is 0 Å². The predicted octanol–water partition coefficient (Wildman–Crippen LogP) is 0.333. The molecule has 0 aromatic rings. The smallest absolute Gasteiger partial charge is 0.211 e. The lowest BCUT2D eigenvalue weighted by molar-refractivity contribution is 0.198. The van der Waals surface area contributed by atoms with Gasteiger partial charge in [0.1, 0.15) is 0 Å². The van der Waals surface area contributed by atoms with E-state index in [2.05, 4.69) is 4.72 Å². The first-order valence-corrected chi connectivity index (χ1v) is 6.18. The molecule has 2 unspecified atom stereocenters. The third kappa shape index (κ3) is 6.98. The summed E-state index contributed by atoms with van der Waals surface area (Å²) in [7, 11) is -3.20. The first-order valence-electron chi connectivity index (χ1n) is 4.52. The van der Waals surface area contributed by atoms with E-state index < -0.39 is 16.1 Å². The van der Waals surface area contributed by atoms with Crippen molar-refractivity contribution in [1.82, 2.24) is 4.72 Å². The van der Waals surface area contributed by atoms with Gasteiger partial charge in [0.15, 0.2) is 0 Å². The Balaban J connectivity index is 3.95. The highest BCUT2D eigenvalue weighted by Gasteiger charge is 2.14. The maximum atomic E-state index is 11.3. The molecule has 2 atom stereocenters. The van der Waals surface area contributed by atoms with Gasteiger partial charge in [-0.05, 0) is 12.8 Å². The van der Waals surface area contributed by atoms with Gasteiger partial charge < -0.3 is 5.11 Å². The van der Waals surface area contributed by atoms with E-state index in [9.17, 15) is 8.42 Å². The molecular weight excluding hydrogens is 190 g/mol. The Morgan fingerprint density at radius 2 is 1.92 bits per heavy atom. The van der Waals surface area contributed by atoms with Gasteiger partial charge in [0.2, 0.25) is 10.0 Å². The van der Waals surface area contributed by atoms with Crippen LogP contribution in [0.2, 0.25) is 0 Å². The van der Waals surface area contributed by atoms with Crippen LogP contribution in [-0.4, -0.2) is 31.9 Å². The number of hydrogen-bond donors (Lipinski definition) is 2. The second kappa shape index (κ2) is 5.57. The summed E-state index contributed by atoms with van der Waals surface area (Å²) in [6.07, 6.45) is 0.210. The number of sulfonamides is 1. The zero-order valence-corrected chi connectivity index (χ0v) is 9.26. The topological polar surface area (TPSA) is 66.4 Å². The minimum Gasteiger partial charge on any atom is -0.392 e. The van der Waals surface area contributed by atoms with Crippen molar-refractivity contribution in [3.05, 3.63) is 0 Å². The number of rotatable bonds is 6. The summed E-state index contributed by atoms with van der Waals surface area (Å²) in [5, 5.41) is 8.88. The summed E-state index contributed by atoms with van der Waals surface area (Å²) in [5.41, 5.74) is 0. The fourth-order valence-electron chi connectivity index (χ4n) is 0.799. The highest BCUT2D eigenvalue weighted by molar-refractivity contribution is 7.89. The van der Waals surface area contributed by atoms with Crippen molar-refractivity contribution in [3.8, 4) is 0 Å². The van der Waals surface area contributed by atoms with Crippen molar-refractivity contribution in [3.63, 3.8) is 0 Å². The van der Waals surface area contributed by atoms with E-state index in [4.69, 9.17) is 5.11 Å². The summed E-state index contributed by atoms with van der Waals surface area (Å²) in [6.45, 7) is 5.49. The van der Waals surface area contributed by atoms with E-state index in [1.165, 1.54) is 0 Å². The van der Waals surface area contributed by atoms with E-state index in [0.29, 0.717) is 0 Å². The minimum atomic E-state index is -3.20. The van der Waals surface area contributed by atoms with Gasteiger partial charge in [-0.25, -0.2) is 13.1 Å². The van der Waals surface area contributed by atoms with Crippen LogP contribution < -0.4 is 4.72 Å². The number of aliphatic hydroxyl groups is 1. The van der Waals surface area contributed by atoms with E-state index in [-0.39, 0.29) is 18.2 Å². The van der Waals surface area contributed by atoms with Crippen molar-refractivity contribution in [1.29, 1.82) is 0 Å². The molecule has 0 aliphatic heterocycles. The van der Waals surface area contributed by atoms with Gasteiger partial charge in [-0.15, -0.1) is 0 Å². The Morgan fingerprint density at radius 3 is 2.31 bits per heavy atom. The fraction of sp³-hybridized carbons (Fsp3) is 1.00. The maximum Gasteiger partial charge on any atom is 0.211 e. The molecule has 0 saturated heterocycles. The highest BCUT2D eigenvalue weighted by atomic mass is 32.2. The first-order chi connectivity index (χ1) is 5.87. The molecule has 0 amide bonds. The molecule has 0 heterocycles. The van der Waals surface area contributed by atoms with Crippen LogP contribution >= 0.6 is 0 Å². The van der Waals surface area contributed by atoms with Gasteiger partial charge >= 0.3 is 0 Å². The molecule has 0 spiro atoms. The lowest BCUT2D eigenvalue weighted by Crippen LogP contribution is -2.34. The molecule has 80 valence electrons. The highest BCUT2D eigenvalue weighted by Crippen LogP contribution is 2.03. The molecule has 0 radical (unpaired) electrons. The van der Waals surface area contributed by atoms with Crippen molar-refractivity contribution >= 4 is 10.0 Å². The van der Waals surface area contributed by atoms with E-state index >= 15 is 0 Å². The molecule has 0 aliphatic rings. The third-order valence-corrected chi connectivity index (χ3v) is 3.41. The average Bonchev–Trinajstić information content (AvgIpc) is 2.00. The minimum absolute atomic E-state index is 0.0960. The molecule has 0 aromatic carbocycles. The van der Waals surface area contributed by atoms with Crippen molar-refractivity contribution in [2.75, 3.05) is 12.3 Å². The Hall–Kier alpha value is -0.130. The van der Waals surface area contributed by atoms with Gasteiger partial charge in [0.05, 0.1) is 11.9 Å². The zero-order valence-electron chi connectivity index (χ0n) is 8.45. The summed E-state index contributed by atoms with van der Waals surface area (Å²) in [6, 6.07) is 0. The molecule has 0 saturated carbocycles. The van der Waals surface area contributed by atoms with Crippen LogP contribution in [0.5, 0.6) is 0 Å². The van der Waals surface area contributed by atoms with Crippen LogP contribution in [0.4, 0.5) is 0 Å². The molecule has 0 aliphatic carbocycles. The molecule has 0 aromatic heterocycles. The molecule has 0 rings (SSSR count). The largest absolute Gasteiger partial charge is 0.392 e. The van der Waals surface area contributed by atoms with Crippen LogP contribution in [0.3, 0.4) is 0 Å². The van der Waals surface area contributed by atoms with E-state index in [1.54, 1.807) is 6.92 Å². The van der Waals surface area contributed by atoms with E-state index in [0.717, 1.165) is 6.42 Å². The second-order valence-corrected chi connectivity index (χ2v) is 5.34. The number of aliphatic hydroxyl groups excluding tert-OH is 1. The second-order valence-electron chi connectivity index (χ2n) is 3.49.